The number of anilines is 1. The number of hydrogen-bond donors (Lipinski definition) is 5. The second-order valence-electron chi connectivity index (χ2n) is 9.33. The number of quaternary nitrogens is 1. The number of halogens is 1. The summed E-state index contributed by atoms with van der Waals surface area (Å²) in [6, 6.07) is 12.1. The van der Waals surface area contributed by atoms with Gasteiger partial charge in [0, 0.05) is 23.8 Å². The summed E-state index contributed by atoms with van der Waals surface area (Å²) in [7, 11) is 2.09. The number of amides is 2. The first-order valence-electron chi connectivity index (χ1n) is 12.3. The molecule has 8 N–H and O–H groups in total. The van der Waals surface area contributed by atoms with Gasteiger partial charge in [0.1, 0.15) is 6.04 Å². The number of carbonyl (C=O) groups excluding carboxylic acids is 2. The fourth-order valence-corrected chi connectivity index (χ4v) is 4.28. The summed E-state index contributed by atoms with van der Waals surface area (Å²) in [6.07, 6.45) is 2.07. The monoisotopic (exact) mass is 518 g/mol. The Morgan fingerprint density at radius 3 is 2.31 bits per heavy atom. The highest BCUT2D eigenvalue weighted by Crippen LogP contribution is 2.24. The molecule has 2 amide bonds. The average Bonchev–Trinajstić information content (AvgIpc) is 2.84. The molecule has 0 aliphatic heterocycles. The fourth-order valence-electron chi connectivity index (χ4n) is 4.11. The molecule has 2 aromatic carbocycles. The molecule has 0 saturated heterocycles. The predicted octanol–water partition coefficient (Wildman–Crippen LogP) is 0.941. The Kier molecular flexibility index (Phi) is 12.1. The number of benzene rings is 2. The molecule has 36 heavy (non-hydrogen) atoms. The summed E-state index contributed by atoms with van der Waals surface area (Å²) in [5, 5.41) is 17.8. The average molecular weight is 519 g/mol. The lowest BCUT2D eigenvalue weighted by atomic mass is 10.0. The number of nitrogens with two attached hydrogens (primary N) is 3. The number of hydrogen-bond acceptors (Lipinski definition) is 6. The normalized spacial score (nSPS) is 13.1. The zero-order chi connectivity index (χ0) is 26.6. The molecule has 0 aliphatic rings. The smallest absolute Gasteiger partial charge is 0.246 e. The van der Waals surface area contributed by atoms with Gasteiger partial charge in [0.2, 0.25) is 11.8 Å². The molecule has 0 bridgehead atoms. The standard InChI is InChI=1S/C26H39ClN6O3/c1-33(16-13-28,17-14-29)15-5-8-21(30)25(35)31-22(11-9-19-6-3-2-4-7-19)26(36)32-23-18-20(27)10-12-24(23)34/h2-4,6-7,10,12,18,21-22H,5,8-9,11,13-17,28-30H2,1H3,(H2-,31,32,34,35,36)/t21-,22+/m0/s1. The van der Waals surface area contributed by atoms with Crippen LogP contribution in [0.3, 0.4) is 0 Å². The van der Waals surface area contributed by atoms with Gasteiger partial charge in [-0.3, -0.25) is 9.59 Å². The highest BCUT2D eigenvalue weighted by Gasteiger charge is 2.25. The van der Waals surface area contributed by atoms with Gasteiger partial charge in [-0.2, -0.15) is 0 Å². The van der Waals surface area contributed by atoms with Gasteiger partial charge in [0.25, 0.3) is 0 Å². The number of rotatable bonds is 15. The van der Waals surface area contributed by atoms with Crippen LogP contribution >= 0.6 is 11.6 Å². The Balaban J connectivity index is 2.03. The maximum atomic E-state index is 13.1. The lowest BCUT2D eigenvalue weighted by molar-refractivity contribution is -0.907. The Morgan fingerprint density at radius 2 is 1.67 bits per heavy atom. The van der Waals surface area contributed by atoms with Crippen LogP contribution < -0.4 is 32.9 Å². The molecule has 0 radical (unpaired) electrons. The van der Waals surface area contributed by atoms with Gasteiger partial charge in [-0.05, 0) is 43.4 Å². The van der Waals surface area contributed by atoms with E-state index in [-0.39, 0.29) is 11.4 Å². The van der Waals surface area contributed by atoms with E-state index in [4.69, 9.17) is 28.8 Å². The summed E-state index contributed by atoms with van der Waals surface area (Å²) in [5.74, 6) is -1.28. The molecule has 2 aromatic rings. The van der Waals surface area contributed by atoms with Crippen molar-refractivity contribution in [2.45, 2.75) is 37.8 Å². The van der Waals surface area contributed by atoms with Crippen LogP contribution in [-0.4, -0.2) is 68.2 Å². The predicted molar refractivity (Wildman–Crippen MR) is 142 cm³/mol. The SMILES string of the molecule is C[N+](CCN)(CCN)CCC[C@H](N)C(=O)N[C@H](CCc1ccccc1)C(=O)Nc1cc(Cl)ccc1[O-]. The van der Waals surface area contributed by atoms with E-state index < -0.39 is 23.9 Å². The first-order valence-corrected chi connectivity index (χ1v) is 12.7. The highest BCUT2D eigenvalue weighted by molar-refractivity contribution is 6.31. The number of carbonyl (C=O) groups is 2. The molecule has 2 atom stereocenters. The maximum absolute atomic E-state index is 13.1. The fraction of sp³-hybridized carbons (Fsp3) is 0.462. The van der Waals surface area contributed by atoms with E-state index in [2.05, 4.69) is 17.7 Å². The lowest BCUT2D eigenvalue weighted by Crippen LogP contribution is -2.52. The Morgan fingerprint density at radius 1 is 1.00 bits per heavy atom. The van der Waals surface area contributed by atoms with Crippen molar-refractivity contribution in [1.29, 1.82) is 0 Å². The number of nitrogens with zero attached hydrogens (tertiary/aromatic N) is 1. The molecule has 198 valence electrons. The van der Waals surface area contributed by atoms with Crippen LogP contribution in [0.15, 0.2) is 48.5 Å². The summed E-state index contributed by atoms with van der Waals surface area (Å²) in [4.78, 5) is 26.0. The van der Waals surface area contributed by atoms with Crippen LogP contribution in [0.1, 0.15) is 24.8 Å². The topological polar surface area (TPSA) is 159 Å². The quantitative estimate of drug-likeness (QED) is 0.221. The molecule has 0 aromatic heterocycles. The van der Waals surface area contributed by atoms with Crippen LogP contribution in [0.4, 0.5) is 5.69 Å². The Bertz CT molecular complexity index is 969. The molecule has 0 unspecified atom stereocenters. The molecule has 0 heterocycles. The summed E-state index contributed by atoms with van der Waals surface area (Å²) in [5.41, 5.74) is 18.7. The van der Waals surface area contributed by atoms with E-state index in [9.17, 15) is 14.7 Å². The molecule has 0 fully saturated rings. The molecule has 2 rings (SSSR count). The van der Waals surface area contributed by atoms with Crippen molar-refractivity contribution in [3.8, 4) is 5.75 Å². The van der Waals surface area contributed by atoms with Gasteiger partial charge in [-0.15, -0.1) is 0 Å². The van der Waals surface area contributed by atoms with Crippen molar-refractivity contribution in [3.05, 3.63) is 59.1 Å². The molecular weight excluding hydrogens is 480 g/mol. The maximum Gasteiger partial charge on any atom is 0.246 e. The van der Waals surface area contributed by atoms with Crippen LogP contribution in [0.5, 0.6) is 5.75 Å². The third kappa shape index (κ3) is 9.75. The second-order valence-corrected chi connectivity index (χ2v) is 9.77. The minimum Gasteiger partial charge on any atom is -0.871 e. The van der Waals surface area contributed by atoms with Crippen LogP contribution in [0, 0.1) is 0 Å². The van der Waals surface area contributed by atoms with Crippen molar-refractivity contribution < 1.29 is 19.2 Å². The van der Waals surface area contributed by atoms with Gasteiger partial charge >= 0.3 is 0 Å². The van der Waals surface area contributed by atoms with Crippen molar-refractivity contribution in [2.24, 2.45) is 17.2 Å². The molecule has 9 nitrogen and oxygen atoms in total. The van der Waals surface area contributed by atoms with Crippen molar-refractivity contribution in [1.82, 2.24) is 5.32 Å². The third-order valence-electron chi connectivity index (χ3n) is 6.28. The summed E-state index contributed by atoms with van der Waals surface area (Å²) < 4.78 is 0.723. The van der Waals surface area contributed by atoms with E-state index in [1.54, 1.807) is 0 Å². The lowest BCUT2D eigenvalue weighted by Gasteiger charge is -2.34. The Labute approximate surface area is 218 Å². The van der Waals surface area contributed by atoms with Crippen molar-refractivity contribution in [2.75, 3.05) is 45.1 Å². The van der Waals surface area contributed by atoms with Crippen molar-refractivity contribution in [3.63, 3.8) is 0 Å². The van der Waals surface area contributed by atoms with Gasteiger partial charge < -0.3 is 37.4 Å². The van der Waals surface area contributed by atoms with Gasteiger partial charge in [-0.25, -0.2) is 0 Å². The highest BCUT2D eigenvalue weighted by atomic mass is 35.5. The van der Waals surface area contributed by atoms with E-state index in [0.717, 1.165) is 29.7 Å². The van der Waals surface area contributed by atoms with Gasteiger partial charge in [0.05, 0.1) is 32.7 Å². The zero-order valence-corrected chi connectivity index (χ0v) is 21.7. The third-order valence-corrected chi connectivity index (χ3v) is 6.52. The summed E-state index contributed by atoms with van der Waals surface area (Å²) >= 11 is 5.98. The molecule has 0 spiro atoms. The zero-order valence-electron chi connectivity index (χ0n) is 20.9. The van der Waals surface area contributed by atoms with Crippen molar-refractivity contribution >= 4 is 29.1 Å². The number of aryl methyl sites for hydroxylation is 1. The molecule has 0 saturated carbocycles. The van der Waals surface area contributed by atoms with Crippen LogP contribution in [0.25, 0.3) is 0 Å². The number of likely N-dealkylation sites (N-methyl/N-ethyl adjacent to an activating group) is 1. The van der Waals surface area contributed by atoms with Crippen LogP contribution in [-0.2, 0) is 16.0 Å². The van der Waals surface area contributed by atoms with E-state index in [0.29, 0.717) is 43.8 Å². The molecule has 0 aliphatic carbocycles. The minimum atomic E-state index is -0.877. The van der Waals surface area contributed by atoms with E-state index >= 15 is 0 Å². The largest absolute Gasteiger partial charge is 0.871 e. The van der Waals surface area contributed by atoms with Gasteiger partial charge in [0.15, 0.2) is 0 Å². The van der Waals surface area contributed by atoms with E-state index in [1.807, 2.05) is 30.3 Å². The second kappa shape index (κ2) is 14.8. The first-order chi connectivity index (χ1) is 17.2. The van der Waals surface area contributed by atoms with Gasteiger partial charge in [-0.1, -0.05) is 53.7 Å². The van der Waals surface area contributed by atoms with Crippen LogP contribution in [0.2, 0.25) is 5.02 Å². The minimum absolute atomic E-state index is 0.0626. The Hall–Kier alpha value is -2.69. The molecule has 10 heteroatoms. The molecular formula is C26H39ClN6O3. The first kappa shape index (κ1) is 29.5. The summed E-state index contributed by atoms with van der Waals surface area (Å²) in [6.45, 7) is 3.50. The van der Waals surface area contributed by atoms with E-state index in [1.165, 1.54) is 18.2 Å². The number of nitrogens with one attached hydrogen (secondary N) is 2.